The maximum Gasteiger partial charge on any atom is 0.324 e. The summed E-state index contributed by atoms with van der Waals surface area (Å²) in [5.41, 5.74) is -0.124. The van der Waals surface area contributed by atoms with E-state index < -0.39 is 30.6 Å². The van der Waals surface area contributed by atoms with Gasteiger partial charge >= 0.3 is 12.3 Å². The molecule has 100 valence electrons. The lowest BCUT2D eigenvalue weighted by atomic mass is 10.2. The van der Waals surface area contributed by atoms with Crippen molar-refractivity contribution in [2.45, 2.75) is 12.3 Å². The first-order chi connectivity index (χ1) is 8.24. The van der Waals surface area contributed by atoms with E-state index in [2.05, 4.69) is 15.9 Å². The normalized spacial score (nSPS) is 11.7. The van der Waals surface area contributed by atoms with Crippen LogP contribution in [0.25, 0.3) is 0 Å². The smallest absolute Gasteiger partial charge is 0.324 e. The zero-order chi connectivity index (χ0) is 13.9. The monoisotopic (exact) mass is 331 g/mol. The van der Waals surface area contributed by atoms with E-state index in [0.717, 1.165) is 18.2 Å². The number of benzene rings is 1. The van der Waals surface area contributed by atoms with Crippen LogP contribution < -0.4 is 5.32 Å². The molecule has 1 N–H and O–H groups in total. The highest BCUT2D eigenvalue weighted by atomic mass is 79.9. The van der Waals surface area contributed by atoms with Crippen molar-refractivity contribution in [3.63, 3.8) is 0 Å². The third kappa shape index (κ3) is 3.66. The Morgan fingerprint density at radius 1 is 1.39 bits per heavy atom. The number of alkyl halides is 4. The second-order valence-corrected chi connectivity index (χ2v) is 4.22. The molecule has 0 aliphatic rings. The van der Waals surface area contributed by atoms with E-state index in [4.69, 9.17) is 0 Å². The quantitative estimate of drug-likeness (QED) is 0.843. The molecule has 0 saturated heterocycles. The van der Waals surface area contributed by atoms with Gasteiger partial charge in [0, 0.05) is 4.47 Å². The molecule has 0 radical (unpaired) electrons. The van der Waals surface area contributed by atoms with Crippen LogP contribution in [-0.2, 0) is 0 Å². The highest BCUT2D eigenvalue weighted by Gasteiger charge is 2.40. The third-order valence-electron chi connectivity index (χ3n) is 1.98. The highest BCUT2D eigenvalue weighted by Crippen LogP contribution is 2.22. The summed E-state index contributed by atoms with van der Waals surface area (Å²) in [5.74, 6) is -5.93. The van der Waals surface area contributed by atoms with Gasteiger partial charge in [-0.05, 0) is 34.1 Å². The molecule has 0 aromatic heterocycles. The summed E-state index contributed by atoms with van der Waals surface area (Å²) < 4.78 is 61.5. The number of hydrogen-bond donors (Lipinski definition) is 1. The van der Waals surface area contributed by atoms with Gasteiger partial charge in [-0.1, -0.05) is 0 Å². The number of halogens is 6. The van der Waals surface area contributed by atoms with Crippen LogP contribution in [0.4, 0.5) is 22.0 Å². The van der Waals surface area contributed by atoms with Crippen LogP contribution in [0.5, 0.6) is 0 Å². The Morgan fingerprint density at radius 2 is 2.00 bits per heavy atom. The van der Waals surface area contributed by atoms with Crippen LogP contribution in [-0.4, -0.2) is 24.8 Å². The maximum absolute atomic E-state index is 12.7. The van der Waals surface area contributed by atoms with Crippen LogP contribution in [0.3, 0.4) is 0 Å². The molecule has 18 heavy (non-hydrogen) atoms. The molecule has 0 atom stereocenters. The minimum absolute atomic E-state index is 0.0420. The number of carbonyl (C=O) groups is 1. The Balaban J connectivity index is 2.72. The lowest BCUT2D eigenvalue weighted by Crippen LogP contribution is -2.41. The van der Waals surface area contributed by atoms with Crippen LogP contribution in [0.15, 0.2) is 22.7 Å². The van der Waals surface area contributed by atoms with E-state index in [1.807, 2.05) is 0 Å². The Labute approximate surface area is 107 Å². The first kappa shape index (κ1) is 14.9. The SMILES string of the molecule is O=C(NCC(F)(F)C(F)F)c1ccc(F)cc1Br. The van der Waals surface area contributed by atoms with Crippen molar-refractivity contribution in [2.24, 2.45) is 0 Å². The van der Waals surface area contributed by atoms with Gasteiger partial charge in [-0.15, -0.1) is 0 Å². The average molecular weight is 332 g/mol. The van der Waals surface area contributed by atoms with E-state index in [-0.39, 0.29) is 10.0 Å². The molecule has 1 amide bonds. The highest BCUT2D eigenvalue weighted by molar-refractivity contribution is 9.10. The predicted molar refractivity (Wildman–Crippen MR) is 57.4 cm³/mol. The molecule has 8 heteroatoms. The molecule has 0 aliphatic heterocycles. The van der Waals surface area contributed by atoms with E-state index in [0.29, 0.717) is 0 Å². The summed E-state index contributed by atoms with van der Waals surface area (Å²) >= 11 is 2.86. The maximum atomic E-state index is 12.7. The molecule has 1 aromatic carbocycles. The molecule has 0 aliphatic carbocycles. The largest absolute Gasteiger partial charge is 0.346 e. The number of carbonyl (C=O) groups excluding carboxylic acids is 1. The molecular formula is C10H7BrF5NO. The first-order valence-corrected chi connectivity index (χ1v) is 5.42. The average Bonchev–Trinajstić information content (AvgIpc) is 2.25. The zero-order valence-corrected chi connectivity index (χ0v) is 10.3. The van der Waals surface area contributed by atoms with Gasteiger partial charge in [0.2, 0.25) is 0 Å². The van der Waals surface area contributed by atoms with E-state index in [1.165, 1.54) is 0 Å². The first-order valence-electron chi connectivity index (χ1n) is 4.63. The van der Waals surface area contributed by atoms with Crippen LogP contribution in [0, 0.1) is 5.82 Å². The molecule has 0 spiro atoms. The van der Waals surface area contributed by atoms with Gasteiger partial charge in [0.1, 0.15) is 5.82 Å². The lowest BCUT2D eigenvalue weighted by Gasteiger charge is -2.16. The van der Waals surface area contributed by atoms with Gasteiger partial charge in [-0.25, -0.2) is 13.2 Å². The predicted octanol–water partition coefficient (Wildman–Crippen LogP) is 3.22. The number of amides is 1. The van der Waals surface area contributed by atoms with Gasteiger partial charge in [0.15, 0.2) is 0 Å². The zero-order valence-electron chi connectivity index (χ0n) is 8.69. The summed E-state index contributed by atoms with van der Waals surface area (Å²) in [6, 6.07) is 2.96. The Morgan fingerprint density at radius 3 is 2.50 bits per heavy atom. The van der Waals surface area contributed by atoms with Gasteiger partial charge in [0.25, 0.3) is 5.91 Å². The van der Waals surface area contributed by atoms with Crippen molar-refractivity contribution in [2.75, 3.05) is 6.54 Å². The van der Waals surface area contributed by atoms with E-state index >= 15 is 0 Å². The molecule has 0 saturated carbocycles. The molecule has 2 nitrogen and oxygen atoms in total. The van der Waals surface area contributed by atoms with E-state index in [1.54, 1.807) is 5.32 Å². The van der Waals surface area contributed by atoms with Crippen molar-refractivity contribution in [3.05, 3.63) is 34.1 Å². The molecule has 1 aromatic rings. The molecule has 0 heterocycles. The van der Waals surface area contributed by atoms with Gasteiger partial charge in [-0.2, -0.15) is 8.78 Å². The number of rotatable bonds is 4. The van der Waals surface area contributed by atoms with Gasteiger partial charge in [-0.3, -0.25) is 4.79 Å². The Hall–Kier alpha value is -1.18. The number of hydrogen-bond acceptors (Lipinski definition) is 1. The van der Waals surface area contributed by atoms with Crippen molar-refractivity contribution in [3.8, 4) is 0 Å². The fourth-order valence-electron chi connectivity index (χ4n) is 1.04. The lowest BCUT2D eigenvalue weighted by molar-refractivity contribution is -0.123. The summed E-state index contributed by atoms with van der Waals surface area (Å²) in [5, 5.41) is 1.66. The van der Waals surface area contributed by atoms with Crippen LogP contribution in [0.1, 0.15) is 10.4 Å². The van der Waals surface area contributed by atoms with Gasteiger partial charge < -0.3 is 5.32 Å². The van der Waals surface area contributed by atoms with E-state index in [9.17, 15) is 26.7 Å². The van der Waals surface area contributed by atoms with Crippen LogP contribution in [0.2, 0.25) is 0 Å². The standard InChI is InChI=1S/C10H7BrF5NO/c11-7-3-5(12)1-2-6(7)8(18)17-4-10(15,16)9(13)14/h1-3,9H,4H2,(H,17,18). The Kier molecular flexibility index (Phi) is 4.66. The van der Waals surface area contributed by atoms with Crippen molar-refractivity contribution < 1.29 is 26.7 Å². The summed E-state index contributed by atoms with van der Waals surface area (Å²) in [6.07, 6.45) is -3.87. The molecule has 0 bridgehead atoms. The summed E-state index contributed by atoms with van der Waals surface area (Å²) in [7, 11) is 0. The molecular weight excluding hydrogens is 325 g/mol. The third-order valence-corrected chi connectivity index (χ3v) is 2.64. The summed E-state index contributed by atoms with van der Waals surface area (Å²) in [4.78, 5) is 11.4. The topological polar surface area (TPSA) is 29.1 Å². The van der Waals surface area contributed by atoms with Crippen LogP contribution >= 0.6 is 15.9 Å². The number of nitrogens with one attached hydrogen (secondary N) is 1. The Bertz CT molecular complexity index is 452. The van der Waals surface area contributed by atoms with Gasteiger partial charge in [0.05, 0.1) is 12.1 Å². The second-order valence-electron chi connectivity index (χ2n) is 3.37. The minimum Gasteiger partial charge on any atom is -0.346 e. The second kappa shape index (κ2) is 5.64. The fraction of sp³-hybridized carbons (Fsp3) is 0.300. The minimum atomic E-state index is -4.30. The van der Waals surface area contributed by atoms with Crippen molar-refractivity contribution in [1.82, 2.24) is 5.32 Å². The summed E-state index contributed by atoms with van der Waals surface area (Å²) in [6.45, 7) is -1.49. The van der Waals surface area contributed by atoms with Crippen molar-refractivity contribution in [1.29, 1.82) is 0 Å². The fourth-order valence-corrected chi connectivity index (χ4v) is 1.58. The van der Waals surface area contributed by atoms with Crippen molar-refractivity contribution >= 4 is 21.8 Å². The molecule has 0 unspecified atom stereocenters. The molecule has 0 fully saturated rings. The molecule has 1 rings (SSSR count).